The van der Waals surface area contributed by atoms with Gasteiger partial charge < -0.3 is 9.47 Å². The van der Waals surface area contributed by atoms with Gasteiger partial charge in [0.2, 0.25) is 6.10 Å². The molecule has 5 heteroatoms. The Kier molecular flexibility index (Phi) is 3.31. The summed E-state index contributed by atoms with van der Waals surface area (Å²) in [5, 5.41) is 0. The van der Waals surface area contributed by atoms with Crippen LogP contribution in [0.3, 0.4) is 0 Å². The molecular formula is C14H16O4S. The Morgan fingerprint density at radius 3 is 2.89 bits per heavy atom. The minimum atomic E-state index is -0.735. The summed E-state index contributed by atoms with van der Waals surface area (Å²) in [4.78, 5) is 25.4. The molecule has 0 unspecified atom stereocenters. The Bertz CT molecular complexity index is 496. The van der Waals surface area contributed by atoms with Crippen molar-refractivity contribution in [3.05, 3.63) is 21.4 Å². The first-order valence-electron chi connectivity index (χ1n) is 6.66. The first-order chi connectivity index (χ1) is 9.13. The number of thiophene rings is 1. The van der Waals surface area contributed by atoms with Crippen LogP contribution in [0.1, 0.15) is 46.3 Å². The molecule has 1 aromatic heterocycles. The molecule has 0 aromatic carbocycles. The van der Waals surface area contributed by atoms with Crippen molar-refractivity contribution >= 4 is 23.3 Å². The highest BCUT2D eigenvalue weighted by Gasteiger charge is 2.35. The van der Waals surface area contributed by atoms with Gasteiger partial charge in [-0.1, -0.05) is 0 Å². The highest BCUT2D eigenvalue weighted by molar-refractivity contribution is 7.14. The molecule has 0 spiro atoms. The lowest BCUT2D eigenvalue weighted by atomic mass is 9.99. The van der Waals surface area contributed by atoms with Gasteiger partial charge in [0.15, 0.2) is 0 Å². The summed E-state index contributed by atoms with van der Waals surface area (Å²) in [5.74, 6) is -0.822. The molecule has 0 radical (unpaired) electrons. The molecule has 0 N–H and O–H groups in total. The van der Waals surface area contributed by atoms with Crippen molar-refractivity contribution in [1.29, 1.82) is 0 Å². The molecule has 19 heavy (non-hydrogen) atoms. The molecule has 2 aliphatic rings. The standard InChI is InChI=1S/C14H16O4S/c1-8-6-10(13(15)17-8)18-14(16)12-7-9-4-2-3-5-11(9)19-12/h7-8,10H,2-6H2,1H3/t8-,10+/m0/s1. The number of carbonyl (C=O) groups excluding carboxylic acids is 2. The summed E-state index contributed by atoms with van der Waals surface area (Å²) in [6.45, 7) is 1.80. The fourth-order valence-corrected chi connectivity index (χ4v) is 3.73. The maximum Gasteiger partial charge on any atom is 0.349 e. The van der Waals surface area contributed by atoms with Crippen LogP contribution in [0.5, 0.6) is 0 Å². The van der Waals surface area contributed by atoms with Crippen LogP contribution in [0, 0.1) is 0 Å². The van der Waals surface area contributed by atoms with Crippen molar-refractivity contribution < 1.29 is 19.1 Å². The Hall–Kier alpha value is -1.36. The molecule has 4 nitrogen and oxygen atoms in total. The van der Waals surface area contributed by atoms with Gasteiger partial charge in [-0.05, 0) is 44.2 Å². The molecule has 1 fully saturated rings. The Labute approximate surface area is 115 Å². The van der Waals surface area contributed by atoms with Crippen LogP contribution in [0.15, 0.2) is 6.07 Å². The summed E-state index contributed by atoms with van der Waals surface area (Å²) in [7, 11) is 0. The summed E-state index contributed by atoms with van der Waals surface area (Å²) < 4.78 is 10.2. The fourth-order valence-electron chi connectivity index (χ4n) is 2.59. The second-order valence-corrected chi connectivity index (χ2v) is 6.28. The minimum Gasteiger partial charge on any atom is -0.460 e. The van der Waals surface area contributed by atoms with Crippen molar-refractivity contribution in [2.75, 3.05) is 0 Å². The van der Waals surface area contributed by atoms with Crippen LogP contribution < -0.4 is 0 Å². The molecule has 1 aliphatic carbocycles. The van der Waals surface area contributed by atoms with E-state index in [1.807, 2.05) is 6.07 Å². The van der Waals surface area contributed by atoms with E-state index in [9.17, 15) is 9.59 Å². The average Bonchev–Trinajstić information content (AvgIpc) is 2.93. The van der Waals surface area contributed by atoms with Gasteiger partial charge in [-0.2, -0.15) is 0 Å². The van der Waals surface area contributed by atoms with Crippen molar-refractivity contribution in [2.24, 2.45) is 0 Å². The quantitative estimate of drug-likeness (QED) is 0.781. The molecule has 1 aliphatic heterocycles. The van der Waals surface area contributed by atoms with Gasteiger partial charge in [0, 0.05) is 11.3 Å². The highest BCUT2D eigenvalue weighted by Crippen LogP contribution is 2.30. The summed E-state index contributed by atoms with van der Waals surface area (Å²) in [6, 6.07) is 1.92. The van der Waals surface area contributed by atoms with E-state index in [0.29, 0.717) is 11.3 Å². The predicted octanol–water partition coefficient (Wildman–Crippen LogP) is 2.49. The number of fused-ring (bicyclic) bond motifs is 1. The van der Waals surface area contributed by atoms with E-state index in [1.165, 1.54) is 34.6 Å². The van der Waals surface area contributed by atoms with Crippen molar-refractivity contribution in [2.45, 2.75) is 51.2 Å². The minimum absolute atomic E-state index is 0.165. The predicted molar refractivity (Wildman–Crippen MR) is 70.3 cm³/mol. The molecule has 2 atom stereocenters. The molecule has 2 heterocycles. The molecule has 3 rings (SSSR count). The maximum atomic E-state index is 12.1. The first kappa shape index (κ1) is 12.7. The Morgan fingerprint density at radius 1 is 1.42 bits per heavy atom. The van der Waals surface area contributed by atoms with Crippen LogP contribution >= 0.6 is 11.3 Å². The van der Waals surface area contributed by atoms with Crippen molar-refractivity contribution in [3.63, 3.8) is 0 Å². The monoisotopic (exact) mass is 280 g/mol. The van der Waals surface area contributed by atoms with Gasteiger partial charge in [0.1, 0.15) is 11.0 Å². The second kappa shape index (κ2) is 4.96. The van der Waals surface area contributed by atoms with E-state index in [2.05, 4.69) is 0 Å². The zero-order valence-electron chi connectivity index (χ0n) is 10.8. The number of hydrogen-bond donors (Lipinski definition) is 0. The molecule has 0 saturated carbocycles. The normalized spacial score (nSPS) is 25.8. The maximum absolute atomic E-state index is 12.1. The molecular weight excluding hydrogens is 264 g/mol. The Morgan fingerprint density at radius 2 is 2.21 bits per heavy atom. The highest BCUT2D eigenvalue weighted by atomic mass is 32.1. The molecule has 1 saturated heterocycles. The second-order valence-electron chi connectivity index (χ2n) is 5.14. The van der Waals surface area contributed by atoms with E-state index < -0.39 is 18.0 Å². The number of cyclic esters (lactones) is 1. The number of esters is 2. The average molecular weight is 280 g/mol. The number of carbonyl (C=O) groups is 2. The lowest BCUT2D eigenvalue weighted by molar-refractivity contribution is -0.147. The SMILES string of the molecule is C[C@H]1C[C@@H](OC(=O)c2cc3c(s2)CCCC3)C(=O)O1. The van der Waals surface area contributed by atoms with E-state index in [0.717, 1.165) is 12.8 Å². The first-order valence-corrected chi connectivity index (χ1v) is 7.48. The Balaban J connectivity index is 1.70. The lowest BCUT2D eigenvalue weighted by Gasteiger charge is -2.08. The van der Waals surface area contributed by atoms with E-state index in [4.69, 9.17) is 9.47 Å². The lowest BCUT2D eigenvalue weighted by Crippen LogP contribution is -2.22. The number of aryl methyl sites for hydroxylation is 2. The topological polar surface area (TPSA) is 52.6 Å². The van der Waals surface area contributed by atoms with Gasteiger partial charge in [-0.25, -0.2) is 9.59 Å². The third kappa shape index (κ3) is 2.52. The zero-order valence-corrected chi connectivity index (χ0v) is 11.6. The van der Waals surface area contributed by atoms with Gasteiger partial charge in [-0.3, -0.25) is 0 Å². The molecule has 102 valence electrons. The van der Waals surface area contributed by atoms with Gasteiger partial charge in [0.25, 0.3) is 0 Å². The fraction of sp³-hybridized carbons (Fsp3) is 0.571. The molecule has 1 aromatic rings. The molecule has 0 bridgehead atoms. The van der Waals surface area contributed by atoms with E-state index in [-0.39, 0.29) is 6.10 Å². The van der Waals surface area contributed by atoms with Crippen LogP contribution in [0.25, 0.3) is 0 Å². The zero-order chi connectivity index (χ0) is 13.4. The summed E-state index contributed by atoms with van der Waals surface area (Å²) in [5.41, 5.74) is 1.27. The number of rotatable bonds is 2. The molecule has 0 amide bonds. The summed E-state index contributed by atoms with van der Waals surface area (Å²) >= 11 is 1.50. The van der Waals surface area contributed by atoms with Gasteiger partial charge >= 0.3 is 11.9 Å². The third-order valence-corrected chi connectivity index (χ3v) is 4.79. The van der Waals surface area contributed by atoms with Crippen LogP contribution in [-0.4, -0.2) is 24.1 Å². The van der Waals surface area contributed by atoms with E-state index >= 15 is 0 Å². The number of ether oxygens (including phenoxy) is 2. The van der Waals surface area contributed by atoms with Crippen molar-refractivity contribution in [1.82, 2.24) is 0 Å². The van der Waals surface area contributed by atoms with Crippen molar-refractivity contribution in [3.8, 4) is 0 Å². The van der Waals surface area contributed by atoms with E-state index in [1.54, 1.807) is 6.92 Å². The number of hydrogen-bond acceptors (Lipinski definition) is 5. The van der Waals surface area contributed by atoms with Crippen LogP contribution in [-0.2, 0) is 27.1 Å². The van der Waals surface area contributed by atoms with Crippen LogP contribution in [0.2, 0.25) is 0 Å². The largest absolute Gasteiger partial charge is 0.460 e. The van der Waals surface area contributed by atoms with Gasteiger partial charge in [-0.15, -0.1) is 11.3 Å². The van der Waals surface area contributed by atoms with Crippen LogP contribution in [0.4, 0.5) is 0 Å². The summed E-state index contributed by atoms with van der Waals surface area (Å²) in [6.07, 6.45) is 4.02. The third-order valence-electron chi connectivity index (χ3n) is 3.57. The smallest absolute Gasteiger partial charge is 0.349 e. The van der Waals surface area contributed by atoms with Gasteiger partial charge in [0.05, 0.1) is 0 Å².